The number of nitro groups is 1. The highest BCUT2D eigenvalue weighted by Gasteiger charge is 2.26. The number of anilines is 1. The smallest absolute Gasteiger partial charge is 0.270 e. The van der Waals surface area contributed by atoms with E-state index in [0.29, 0.717) is 18.0 Å². The van der Waals surface area contributed by atoms with Crippen LogP contribution in [-0.4, -0.2) is 29.4 Å². The molecule has 2 rings (SSSR count). The number of nitro benzene ring substituents is 1. The van der Waals surface area contributed by atoms with E-state index in [-0.39, 0.29) is 22.2 Å². The van der Waals surface area contributed by atoms with E-state index in [9.17, 15) is 19.7 Å². The second-order valence-corrected chi connectivity index (χ2v) is 6.97. The van der Waals surface area contributed by atoms with Gasteiger partial charge < -0.3 is 15.4 Å². The van der Waals surface area contributed by atoms with E-state index >= 15 is 0 Å². The van der Waals surface area contributed by atoms with Crippen molar-refractivity contribution in [1.29, 1.82) is 0 Å². The molecule has 1 atom stereocenters. The molecule has 2 amide bonds. The minimum atomic E-state index is -0.871. The van der Waals surface area contributed by atoms with Crippen LogP contribution >= 0.6 is 11.6 Å². The lowest BCUT2D eigenvalue weighted by Crippen LogP contribution is -2.47. The van der Waals surface area contributed by atoms with Crippen LogP contribution in [0.1, 0.15) is 31.1 Å². The van der Waals surface area contributed by atoms with Crippen LogP contribution in [0.4, 0.5) is 11.4 Å². The summed E-state index contributed by atoms with van der Waals surface area (Å²) in [4.78, 5) is 35.6. The van der Waals surface area contributed by atoms with Crippen molar-refractivity contribution < 1.29 is 19.2 Å². The highest BCUT2D eigenvalue weighted by molar-refractivity contribution is 6.34. The Morgan fingerprint density at radius 3 is 2.38 bits per heavy atom. The monoisotopic (exact) mass is 419 g/mol. The first-order valence-electron chi connectivity index (χ1n) is 9.01. The molecular weight excluding hydrogens is 398 g/mol. The summed E-state index contributed by atoms with van der Waals surface area (Å²) in [6.07, 6.45) is 0. The molecule has 0 fully saturated rings. The minimum absolute atomic E-state index is 0.0579. The Morgan fingerprint density at radius 2 is 1.83 bits per heavy atom. The summed E-state index contributed by atoms with van der Waals surface area (Å²) in [5.74, 6) is -0.642. The number of rotatable bonds is 8. The van der Waals surface area contributed by atoms with Gasteiger partial charge in [-0.15, -0.1) is 0 Å². The Morgan fingerprint density at radius 1 is 1.17 bits per heavy atom. The van der Waals surface area contributed by atoms with Crippen molar-refractivity contribution in [2.24, 2.45) is 5.92 Å². The number of non-ortho nitro benzene ring substituents is 1. The molecular formula is C20H22ClN3O5. The van der Waals surface area contributed by atoms with Crippen LogP contribution < -0.4 is 15.4 Å². The molecule has 154 valence electrons. The minimum Gasteiger partial charge on any atom is -0.494 e. The normalized spacial score (nSPS) is 11.6. The van der Waals surface area contributed by atoms with E-state index in [2.05, 4.69) is 10.6 Å². The van der Waals surface area contributed by atoms with Crippen molar-refractivity contribution in [2.45, 2.75) is 26.8 Å². The predicted molar refractivity (Wildman–Crippen MR) is 110 cm³/mol. The third-order valence-corrected chi connectivity index (χ3v) is 4.40. The van der Waals surface area contributed by atoms with E-state index < -0.39 is 22.8 Å². The fraction of sp³-hybridized carbons (Fsp3) is 0.300. The Labute approximate surface area is 173 Å². The van der Waals surface area contributed by atoms with Crippen LogP contribution in [0.15, 0.2) is 42.5 Å². The van der Waals surface area contributed by atoms with Gasteiger partial charge in [0.05, 0.1) is 22.1 Å². The van der Waals surface area contributed by atoms with Gasteiger partial charge in [-0.3, -0.25) is 19.7 Å². The molecule has 2 aromatic rings. The molecule has 2 N–H and O–H groups in total. The molecule has 0 saturated carbocycles. The second-order valence-electron chi connectivity index (χ2n) is 6.56. The zero-order valence-electron chi connectivity index (χ0n) is 16.3. The number of carbonyl (C=O) groups excluding carboxylic acids is 2. The van der Waals surface area contributed by atoms with Gasteiger partial charge in [-0.1, -0.05) is 25.4 Å². The molecule has 2 aromatic carbocycles. The lowest BCUT2D eigenvalue weighted by molar-refractivity contribution is -0.384. The van der Waals surface area contributed by atoms with Crippen LogP contribution in [0.2, 0.25) is 5.02 Å². The number of hydrogen-bond acceptors (Lipinski definition) is 5. The van der Waals surface area contributed by atoms with Gasteiger partial charge in [-0.25, -0.2) is 0 Å². The Kier molecular flexibility index (Phi) is 7.55. The summed E-state index contributed by atoms with van der Waals surface area (Å²) < 4.78 is 5.36. The van der Waals surface area contributed by atoms with Crippen molar-refractivity contribution in [1.82, 2.24) is 5.32 Å². The topological polar surface area (TPSA) is 111 Å². The second kappa shape index (κ2) is 9.88. The lowest BCUT2D eigenvalue weighted by atomic mass is 10.0. The molecule has 29 heavy (non-hydrogen) atoms. The van der Waals surface area contributed by atoms with E-state index in [1.165, 1.54) is 12.1 Å². The van der Waals surface area contributed by atoms with Crippen molar-refractivity contribution in [3.63, 3.8) is 0 Å². The SMILES string of the molecule is CCOc1ccc(NC(=O)C(NC(=O)c2cc([N+](=O)[O-])ccc2Cl)C(C)C)cc1. The van der Waals surface area contributed by atoms with Gasteiger partial charge in [0.2, 0.25) is 5.91 Å². The summed E-state index contributed by atoms with van der Waals surface area (Å²) in [7, 11) is 0. The molecule has 0 aliphatic rings. The third kappa shape index (κ3) is 5.92. The predicted octanol–water partition coefficient (Wildman–Crippen LogP) is 4.04. The van der Waals surface area contributed by atoms with Crippen LogP contribution in [0.25, 0.3) is 0 Å². The number of nitrogens with zero attached hydrogens (tertiary/aromatic N) is 1. The Bertz CT molecular complexity index is 899. The molecule has 0 heterocycles. The Balaban J connectivity index is 2.15. The first-order chi connectivity index (χ1) is 13.7. The van der Waals surface area contributed by atoms with Crippen LogP contribution in [-0.2, 0) is 4.79 Å². The largest absolute Gasteiger partial charge is 0.494 e. The van der Waals surface area contributed by atoms with Gasteiger partial charge in [0, 0.05) is 17.8 Å². The summed E-state index contributed by atoms with van der Waals surface area (Å²) in [5.41, 5.74) is 0.214. The maximum absolute atomic E-state index is 12.7. The van der Waals surface area contributed by atoms with Crippen LogP contribution in [0.3, 0.4) is 0 Å². The van der Waals surface area contributed by atoms with Gasteiger partial charge in [0.15, 0.2) is 0 Å². The van der Waals surface area contributed by atoms with Crippen molar-refractivity contribution in [3.05, 3.63) is 63.2 Å². The standard InChI is InChI=1S/C20H22ClN3O5/c1-4-29-15-8-5-13(6-9-15)22-20(26)18(12(2)3)23-19(25)16-11-14(24(27)28)7-10-17(16)21/h5-12,18H,4H2,1-3H3,(H,22,26)(H,23,25). The van der Waals surface area contributed by atoms with Crippen molar-refractivity contribution >= 4 is 34.8 Å². The quantitative estimate of drug-likeness (QED) is 0.495. The molecule has 0 aliphatic heterocycles. The van der Waals surface area contributed by atoms with Gasteiger partial charge in [-0.05, 0) is 43.2 Å². The molecule has 0 aromatic heterocycles. The first kappa shape index (κ1) is 22.2. The molecule has 1 unspecified atom stereocenters. The maximum Gasteiger partial charge on any atom is 0.270 e. The lowest BCUT2D eigenvalue weighted by Gasteiger charge is -2.22. The maximum atomic E-state index is 12.7. The number of hydrogen-bond donors (Lipinski definition) is 2. The van der Waals surface area contributed by atoms with Gasteiger partial charge >= 0.3 is 0 Å². The average Bonchev–Trinajstić information content (AvgIpc) is 2.67. The molecule has 0 saturated heterocycles. The van der Waals surface area contributed by atoms with E-state index in [1.807, 2.05) is 6.92 Å². The molecule has 0 radical (unpaired) electrons. The zero-order chi connectivity index (χ0) is 21.6. The zero-order valence-corrected chi connectivity index (χ0v) is 17.0. The molecule has 0 aliphatic carbocycles. The third-order valence-electron chi connectivity index (χ3n) is 4.07. The number of nitrogens with one attached hydrogen (secondary N) is 2. The van der Waals surface area contributed by atoms with Crippen molar-refractivity contribution in [2.75, 3.05) is 11.9 Å². The average molecular weight is 420 g/mol. The molecule has 0 bridgehead atoms. The van der Waals surface area contributed by atoms with Gasteiger partial charge in [-0.2, -0.15) is 0 Å². The first-order valence-corrected chi connectivity index (χ1v) is 9.39. The van der Waals surface area contributed by atoms with E-state index in [4.69, 9.17) is 16.3 Å². The summed E-state index contributed by atoms with van der Waals surface area (Å²) in [5, 5.41) is 16.4. The number of benzene rings is 2. The van der Waals surface area contributed by atoms with Crippen molar-refractivity contribution in [3.8, 4) is 5.75 Å². The van der Waals surface area contributed by atoms with Gasteiger partial charge in [0.1, 0.15) is 11.8 Å². The highest BCUT2D eigenvalue weighted by Crippen LogP contribution is 2.23. The number of ether oxygens (including phenoxy) is 1. The van der Waals surface area contributed by atoms with Crippen LogP contribution in [0.5, 0.6) is 5.75 Å². The summed E-state index contributed by atoms with van der Waals surface area (Å²) in [6.45, 7) is 5.96. The Hall–Kier alpha value is -3.13. The molecule has 8 nitrogen and oxygen atoms in total. The molecule has 9 heteroatoms. The summed E-state index contributed by atoms with van der Waals surface area (Å²) in [6, 6.07) is 9.54. The number of carbonyl (C=O) groups is 2. The van der Waals surface area contributed by atoms with E-state index in [1.54, 1.807) is 38.1 Å². The van der Waals surface area contributed by atoms with E-state index in [0.717, 1.165) is 6.07 Å². The van der Waals surface area contributed by atoms with Gasteiger partial charge in [0.25, 0.3) is 11.6 Å². The van der Waals surface area contributed by atoms with Crippen LogP contribution in [0, 0.1) is 16.0 Å². The highest BCUT2D eigenvalue weighted by atomic mass is 35.5. The summed E-state index contributed by atoms with van der Waals surface area (Å²) >= 11 is 6.01. The molecule has 0 spiro atoms. The number of halogens is 1. The fourth-order valence-electron chi connectivity index (χ4n) is 2.58. The number of amides is 2. The fourth-order valence-corrected chi connectivity index (χ4v) is 2.78.